The normalized spacial score (nSPS) is 10.5. The molecule has 0 spiro atoms. The van der Waals surface area contributed by atoms with Gasteiger partial charge in [0.05, 0.1) is 5.75 Å². The second-order valence-corrected chi connectivity index (χ2v) is 5.50. The first-order chi connectivity index (χ1) is 8.56. The minimum absolute atomic E-state index is 0.384. The van der Waals surface area contributed by atoms with E-state index in [-0.39, 0.29) is 5.75 Å². The van der Waals surface area contributed by atoms with Crippen molar-refractivity contribution in [2.45, 2.75) is 10.6 Å². The van der Waals surface area contributed by atoms with Crippen LogP contribution < -0.4 is 11.2 Å². The van der Waals surface area contributed by atoms with Gasteiger partial charge in [-0.15, -0.1) is 11.8 Å². The highest BCUT2D eigenvalue weighted by atomic mass is 79.9. The van der Waals surface area contributed by atoms with Crippen LogP contribution >= 0.6 is 27.7 Å². The molecular weight excluding hydrogens is 318 g/mol. The Balaban J connectivity index is 2.13. The van der Waals surface area contributed by atoms with Crippen LogP contribution in [0.25, 0.3) is 0 Å². The van der Waals surface area contributed by atoms with Crippen molar-refractivity contribution >= 4 is 33.4 Å². The molecule has 3 N–H and O–H groups in total. The van der Waals surface area contributed by atoms with Gasteiger partial charge in [0.25, 0.3) is 0 Å². The van der Waals surface area contributed by atoms with Crippen LogP contribution in [0.4, 0.5) is 5.69 Å². The zero-order valence-corrected chi connectivity index (χ0v) is 11.6. The zero-order valence-electron chi connectivity index (χ0n) is 9.22. The standard InChI is InChI=1S/C12H10BrNO3S/c13-7-1-2-9(14)12(3-7)18-6-8-4-10(15)11(16)5-17-8/h1-5,16H,6,14H2. The monoisotopic (exact) mass is 327 g/mol. The molecule has 0 bridgehead atoms. The quantitative estimate of drug-likeness (QED) is 0.669. The summed E-state index contributed by atoms with van der Waals surface area (Å²) in [6.45, 7) is 0. The van der Waals surface area contributed by atoms with E-state index in [2.05, 4.69) is 15.9 Å². The second-order valence-electron chi connectivity index (χ2n) is 3.57. The van der Waals surface area contributed by atoms with E-state index in [1.807, 2.05) is 12.1 Å². The van der Waals surface area contributed by atoms with Crippen LogP contribution in [0.3, 0.4) is 0 Å². The van der Waals surface area contributed by atoms with Gasteiger partial charge in [-0.2, -0.15) is 0 Å². The fraction of sp³-hybridized carbons (Fsp3) is 0.0833. The third-order valence-corrected chi connectivity index (χ3v) is 3.80. The summed E-state index contributed by atoms with van der Waals surface area (Å²) in [4.78, 5) is 12.1. The van der Waals surface area contributed by atoms with Crippen molar-refractivity contribution in [3.63, 3.8) is 0 Å². The largest absolute Gasteiger partial charge is 0.502 e. The molecule has 1 aromatic carbocycles. The number of hydrogen-bond acceptors (Lipinski definition) is 5. The molecule has 0 aliphatic heterocycles. The molecule has 0 atom stereocenters. The summed E-state index contributed by atoms with van der Waals surface area (Å²) in [5, 5.41) is 9.07. The molecule has 6 heteroatoms. The van der Waals surface area contributed by atoms with Gasteiger partial charge < -0.3 is 15.3 Å². The molecule has 4 nitrogen and oxygen atoms in total. The van der Waals surface area contributed by atoms with E-state index in [1.165, 1.54) is 17.8 Å². The summed E-state index contributed by atoms with van der Waals surface area (Å²) >= 11 is 4.83. The van der Waals surface area contributed by atoms with Crippen LogP contribution in [0.2, 0.25) is 0 Å². The maximum atomic E-state index is 11.2. The maximum absolute atomic E-state index is 11.2. The Labute approximate surface area is 116 Å². The average Bonchev–Trinajstić information content (AvgIpc) is 2.34. The molecule has 0 amide bonds. The molecule has 0 unspecified atom stereocenters. The molecule has 2 rings (SSSR count). The van der Waals surface area contributed by atoms with Gasteiger partial charge in [0.2, 0.25) is 5.43 Å². The van der Waals surface area contributed by atoms with Crippen molar-refractivity contribution in [1.29, 1.82) is 0 Å². The third-order valence-electron chi connectivity index (χ3n) is 2.21. The molecule has 0 aliphatic rings. The van der Waals surface area contributed by atoms with Gasteiger partial charge >= 0.3 is 0 Å². The van der Waals surface area contributed by atoms with E-state index in [1.54, 1.807) is 6.07 Å². The molecule has 2 aromatic rings. The Morgan fingerprint density at radius 2 is 2.17 bits per heavy atom. The molecular formula is C12H10BrNO3S. The van der Waals surface area contributed by atoms with E-state index in [9.17, 15) is 4.79 Å². The lowest BCUT2D eigenvalue weighted by molar-refractivity contribution is 0.419. The summed E-state index contributed by atoms with van der Waals surface area (Å²) in [6.07, 6.45) is 1.04. The second kappa shape index (κ2) is 5.49. The molecule has 0 saturated carbocycles. The molecule has 1 heterocycles. The number of nitrogen functional groups attached to an aromatic ring is 1. The number of hydrogen-bond donors (Lipinski definition) is 2. The first-order valence-electron chi connectivity index (χ1n) is 5.05. The lowest BCUT2D eigenvalue weighted by atomic mass is 10.3. The van der Waals surface area contributed by atoms with Crippen LogP contribution in [0, 0.1) is 0 Å². The zero-order chi connectivity index (χ0) is 13.1. The Kier molecular flexibility index (Phi) is 3.98. The van der Waals surface area contributed by atoms with Crippen LogP contribution in [0.1, 0.15) is 5.76 Å². The van der Waals surface area contributed by atoms with Crippen molar-refractivity contribution < 1.29 is 9.52 Å². The summed E-state index contributed by atoms with van der Waals surface area (Å²) in [7, 11) is 0. The van der Waals surface area contributed by atoms with Gasteiger partial charge in [0, 0.05) is 21.1 Å². The first-order valence-corrected chi connectivity index (χ1v) is 6.82. The fourth-order valence-corrected chi connectivity index (χ4v) is 2.71. The van der Waals surface area contributed by atoms with Gasteiger partial charge in [-0.1, -0.05) is 15.9 Å². The van der Waals surface area contributed by atoms with Gasteiger partial charge in [-0.25, -0.2) is 0 Å². The van der Waals surface area contributed by atoms with E-state index in [0.717, 1.165) is 15.6 Å². The van der Waals surface area contributed by atoms with Crippen molar-refractivity contribution in [3.05, 3.63) is 51.0 Å². The third kappa shape index (κ3) is 3.08. The Morgan fingerprint density at radius 3 is 2.89 bits per heavy atom. The maximum Gasteiger partial charge on any atom is 0.226 e. The number of thioether (sulfide) groups is 1. The average molecular weight is 328 g/mol. The van der Waals surface area contributed by atoms with Crippen LogP contribution in [-0.4, -0.2) is 5.11 Å². The number of aromatic hydroxyl groups is 1. The molecule has 0 fully saturated rings. The Bertz CT molecular complexity index is 627. The summed E-state index contributed by atoms with van der Waals surface area (Å²) in [5.74, 6) is 0.573. The van der Waals surface area contributed by atoms with Crippen molar-refractivity contribution in [3.8, 4) is 5.75 Å². The predicted octanol–water partition coefficient (Wildman–Crippen LogP) is 2.98. The molecule has 1 aromatic heterocycles. The van der Waals surface area contributed by atoms with Crippen molar-refractivity contribution in [2.24, 2.45) is 0 Å². The topological polar surface area (TPSA) is 76.5 Å². The van der Waals surface area contributed by atoms with Gasteiger partial charge in [-0.3, -0.25) is 4.79 Å². The minimum Gasteiger partial charge on any atom is -0.502 e. The number of benzene rings is 1. The van der Waals surface area contributed by atoms with Gasteiger partial charge in [0.15, 0.2) is 5.75 Å². The van der Waals surface area contributed by atoms with Gasteiger partial charge in [0.1, 0.15) is 12.0 Å². The summed E-state index contributed by atoms with van der Waals surface area (Å²) in [6, 6.07) is 6.84. The Morgan fingerprint density at radius 1 is 1.39 bits per heavy atom. The summed E-state index contributed by atoms with van der Waals surface area (Å²) < 4.78 is 6.04. The van der Waals surface area contributed by atoms with Crippen LogP contribution in [0.15, 0.2) is 49.1 Å². The molecule has 18 heavy (non-hydrogen) atoms. The number of rotatable bonds is 3. The van der Waals surface area contributed by atoms with E-state index < -0.39 is 5.43 Å². The molecule has 94 valence electrons. The smallest absolute Gasteiger partial charge is 0.226 e. The molecule has 0 radical (unpaired) electrons. The number of halogens is 1. The number of anilines is 1. The lowest BCUT2D eigenvalue weighted by Gasteiger charge is -2.05. The van der Waals surface area contributed by atoms with E-state index >= 15 is 0 Å². The van der Waals surface area contributed by atoms with Crippen LogP contribution in [0.5, 0.6) is 5.75 Å². The summed E-state index contributed by atoms with van der Waals surface area (Å²) in [5.41, 5.74) is 6.06. The predicted molar refractivity (Wildman–Crippen MR) is 74.8 cm³/mol. The van der Waals surface area contributed by atoms with E-state index in [4.69, 9.17) is 15.3 Å². The van der Waals surface area contributed by atoms with Crippen molar-refractivity contribution in [2.75, 3.05) is 5.73 Å². The lowest BCUT2D eigenvalue weighted by Crippen LogP contribution is -1.99. The highest BCUT2D eigenvalue weighted by molar-refractivity contribution is 9.10. The molecule has 0 saturated heterocycles. The first kappa shape index (κ1) is 13.0. The highest BCUT2D eigenvalue weighted by Crippen LogP contribution is 2.30. The SMILES string of the molecule is Nc1ccc(Br)cc1SCc1cc(=O)c(O)co1. The van der Waals surface area contributed by atoms with Crippen LogP contribution in [-0.2, 0) is 5.75 Å². The van der Waals surface area contributed by atoms with Gasteiger partial charge in [-0.05, 0) is 18.2 Å². The highest BCUT2D eigenvalue weighted by Gasteiger charge is 2.05. The van der Waals surface area contributed by atoms with Crippen molar-refractivity contribution in [1.82, 2.24) is 0 Å². The number of nitrogens with two attached hydrogens (primary N) is 1. The minimum atomic E-state index is -0.445. The Hall–Kier alpha value is -1.40. The molecule has 0 aliphatic carbocycles. The van der Waals surface area contributed by atoms with E-state index in [0.29, 0.717) is 17.2 Å². The fourth-order valence-electron chi connectivity index (χ4n) is 1.30.